The first-order valence-corrected chi connectivity index (χ1v) is 11.6. The van der Waals surface area contributed by atoms with Crippen LogP contribution < -0.4 is 15.0 Å². The molecule has 0 aromatic heterocycles. The number of fused-ring (bicyclic) bond motifs is 1. The van der Waals surface area contributed by atoms with Crippen molar-refractivity contribution in [3.05, 3.63) is 48.0 Å². The Morgan fingerprint density at radius 3 is 2.68 bits per heavy atom. The van der Waals surface area contributed by atoms with Gasteiger partial charge in [-0.15, -0.1) is 0 Å². The van der Waals surface area contributed by atoms with Crippen LogP contribution in [0.5, 0.6) is 5.75 Å². The zero-order valence-corrected chi connectivity index (χ0v) is 18.3. The third kappa shape index (κ3) is 4.28. The lowest BCUT2D eigenvalue weighted by molar-refractivity contribution is -0.123. The smallest absolute Gasteiger partial charge is 0.262 e. The van der Waals surface area contributed by atoms with Crippen LogP contribution in [0.2, 0.25) is 0 Å². The van der Waals surface area contributed by atoms with Crippen molar-refractivity contribution in [3.63, 3.8) is 0 Å². The number of sulfonamides is 1. The van der Waals surface area contributed by atoms with Crippen molar-refractivity contribution in [3.8, 4) is 5.75 Å². The molecule has 1 atom stereocenters. The quantitative estimate of drug-likeness (QED) is 0.783. The number of ether oxygens (including phenoxy) is 1. The van der Waals surface area contributed by atoms with Crippen LogP contribution in [-0.4, -0.2) is 51.3 Å². The van der Waals surface area contributed by atoms with E-state index >= 15 is 0 Å². The van der Waals surface area contributed by atoms with Gasteiger partial charge >= 0.3 is 0 Å². The lowest BCUT2D eigenvalue weighted by Crippen LogP contribution is -2.46. The van der Waals surface area contributed by atoms with E-state index in [1.54, 1.807) is 18.0 Å². The van der Waals surface area contributed by atoms with Crippen LogP contribution in [0.15, 0.2) is 47.4 Å². The molecule has 0 saturated carbocycles. The minimum Gasteiger partial charge on any atom is -0.482 e. The van der Waals surface area contributed by atoms with Crippen molar-refractivity contribution in [1.82, 2.24) is 4.31 Å². The lowest BCUT2D eigenvalue weighted by Gasteiger charge is -2.33. The number of rotatable bonds is 4. The molecule has 1 fully saturated rings. The SMILES string of the molecule is Cc1ccc(N(C)C(=O)[C@@H]2CCCN(S(=O)(=O)c3ccc4c(c3)NC(=O)CO4)C2)cc1. The summed E-state index contributed by atoms with van der Waals surface area (Å²) in [6.07, 6.45) is 1.23. The Morgan fingerprint density at radius 1 is 1.19 bits per heavy atom. The van der Waals surface area contributed by atoms with Gasteiger partial charge < -0.3 is 15.0 Å². The summed E-state index contributed by atoms with van der Waals surface area (Å²) in [5.41, 5.74) is 2.22. The van der Waals surface area contributed by atoms with Gasteiger partial charge in [0.15, 0.2) is 6.61 Å². The summed E-state index contributed by atoms with van der Waals surface area (Å²) in [5, 5.41) is 2.63. The molecule has 2 aliphatic rings. The maximum atomic E-state index is 13.2. The first kappa shape index (κ1) is 21.3. The molecule has 9 heteroatoms. The predicted molar refractivity (Wildman–Crippen MR) is 117 cm³/mol. The average Bonchev–Trinajstić information content (AvgIpc) is 2.78. The minimum atomic E-state index is -3.82. The number of amides is 2. The van der Waals surface area contributed by atoms with E-state index in [1.165, 1.54) is 16.4 Å². The van der Waals surface area contributed by atoms with Gasteiger partial charge in [0.2, 0.25) is 15.9 Å². The number of anilines is 2. The topological polar surface area (TPSA) is 96.0 Å². The van der Waals surface area contributed by atoms with Crippen LogP contribution in [0.4, 0.5) is 11.4 Å². The Morgan fingerprint density at radius 2 is 1.94 bits per heavy atom. The number of benzene rings is 2. The van der Waals surface area contributed by atoms with E-state index in [-0.39, 0.29) is 29.9 Å². The summed E-state index contributed by atoms with van der Waals surface area (Å²) in [5.74, 6) is -0.417. The predicted octanol–water partition coefficient (Wildman–Crippen LogP) is 2.39. The Kier molecular flexibility index (Phi) is 5.72. The molecule has 2 aliphatic heterocycles. The van der Waals surface area contributed by atoms with Gasteiger partial charge in [0.25, 0.3) is 5.91 Å². The summed E-state index contributed by atoms with van der Waals surface area (Å²) < 4.78 is 33.2. The molecule has 4 rings (SSSR count). The molecule has 0 radical (unpaired) electrons. The van der Waals surface area contributed by atoms with Gasteiger partial charge in [-0.2, -0.15) is 4.31 Å². The van der Waals surface area contributed by atoms with Crippen molar-refractivity contribution < 1.29 is 22.7 Å². The van der Waals surface area contributed by atoms with Crippen molar-refractivity contribution in [1.29, 1.82) is 0 Å². The maximum Gasteiger partial charge on any atom is 0.262 e. The summed E-state index contributed by atoms with van der Waals surface area (Å²) in [4.78, 5) is 26.3. The van der Waals surface area contributed by atoms with Crippen LogP contribution in [0.1, 0.15) is 18.4 Å². The van der Waals surface area contributed by atoms with Gasteiger partial charge in [-0.05, 0) is 50.1 Å². The highest BCUT2D eigenvalue weighted by atomic mass is 32.2. The summed E-state index contributed by atoms with van der Waals surface area (Å²) in [6.45, 7) is 2.36. The maximum absolute atomic E-state index is 13.2. The molecule has 2 heterocycles. The van der Waals surface area contributed by atoms with Crippen molar-refractivity contribution in [2.24, 2.45) is 5.92 Å². The summed E-state index contributed by atoms with van der Waals surface area (Å²) in [7, 11) is -2.10. The number of nitrogens with one attached hydrogen (secondary N) is 1. The normalized spacial score (nSPS) is 19.2. The molecule has 8 nitrogen and oxygen atoms in total. The largest absolute Gasteiger partial charge is 0.482 e. The number of carbonyl (C=O) groups excluding carboxylic acids is 2. The highest BCUT2D eigenvalue weighted by molar-refractivity contribution is 7.89. The second-order valence-electron chi connectivity index (χ2n) is 7.93. The third-order valence-corrected chi connectivity index (χ3v) is 7.57. The molecule has 0 bridgehead atoms. The highest BCUT2D eigenvalue weighted by Crippen LogP contribution is 2.32. The number of hydrogen-bond acceptors (Lipinski definition) is 5. The summed E-state index contributed by atoms with van der Waals surface area (Å²) in [6, 6.07) is 12.1. The van der Waals surface area contributed by atoms with Crippen LogP contribution in [0, 0.1) is 12.8 Å². The van der Waals surface area contributed by atoms with Gasteiger partial charge in [0, 0.05) is 25.8 Å². The number of carbonyl (C=O) groups is 2. The first-order valence-electron chi connectivity index (χ1n) is 10.2. The Hall–Kier alpha value is -2.91. The molecule has 1 N–H and O–H groups in total. The molecule has 2 amide bonds. The fourth-order valence-electron chi connectivity index (χ4n) is 3.90. The molecule has 31 heavy (non-hydrogen) atoms. The molecule has 1 saturated heterocycles. The third-order valence-electron chi connectivity index (χ3n) is 5.71. The number of hydrogen-bond donors (Lipinski definition) is 1. The van der Waals surface area contributed by atoms with E-state index < -0.39 is 15.9 Å². The average molecular weight is 444 g/mol. The first-order chi connectivity index (χ1) is 14.8. The standard InChI is InChI=1S/C22H25N3O5S/c1-15-5-7-17(8-6-15)24(2)22(27)16-4-3-11-25(13-16)31(28,29)18-9-10-20-19(12-18)23-21(26)14-30-20/h5-10,12,16H,3-4,11,13-14H2,1-2H3,(H,23,26)/t16-/m1/s1. The minimum absolute atomic E-state index is 0.0667. The molecule has 164 valence electrons. The zero-order valence-electron chi connectivity index (χ0n) is 17.5. The molecule has 0 unspecified atom stereocenters. The second-order valence-corrected chi connectivity index (χ2v) is 9.87. The van der Waals surface area contributed by atoms with E-state index in [0.29, 0.717) is 30.8 Å². The van der Waals surface area contributed by atoms with Gasteiger partial charge in [0.05, 0.1) is 16.5 Å². The fourth-order valence-corrected chi connectivity index (χ4v) is 5.45. The molecule has 0 spiro atoms. The fraction of sp³-hybridized carbons (Fsp3) is 0.364. The Labute approximate surface area is 181 Å². The van der Waals surface area contributed by atoms with Crippen molar-refractivity contribution in [2.75, 3.05) is 37.0 Å². The van der Waals surface area contributed by atoms with Gasteiger partial charge in [0.1, 0.15) is 5.75 Å². The molecular formula is C22H25N3O5S. The van der Waals surface area contributed by atoms with Gasteiger partial charge in [-0.1, -0.05) is 17.7 Å². The monoisotopic (exact) mass is 443 g/mol. The van der Waals surface area contributed by atoms with E-state index in [9.17, 15) is 18.0 Å². The molecular weight excluding hydrogens is 418 g/mol. The van der Waals surface area contributed by atoms with Crippen LogP contribution >= 0.6 is 0 Å². The van der Waals surface area contributed by atoms with Gasteiger partial charge in [-0.25, -0.2) is 8.42 Å². The molecule has 2 aromatic rings. The number of nitrogens with zero attached hydrogens (tertiary/aromatic N) is 2. The van der Waals surface area contributed by atoms with E-state index in [1.807, 2.05) is 31.2 Å². The van der Waals surface area contributed by atoms with E-state index in [2.05, 4.69) is 5.32 Å². The Bertz CT molecular complexity index is 1110. The van der Waals surface area contributed by atoms with E-state index in [0.717, 1.165) is 11.3 Å². The van der Waals surface area contributed by atoms with E-state index in [4.69, 9.17) is 4.74 Å². The Balaban J connectivity index is 1.52. The van der Waals surface area contributed by atoms with Crippen molar-refractivity contribution in [2.45, 2.75) is 24.7 Å². The van der Waals surface area contributed by atoms with Crippen molar-refractivity contribution >= 4 is 33.2 Å². The summed E-state index contributed by atoms with van der Waals surface area (Å²) >= 11 is 0. The van der Waals surface area contributed by atoms with Gasteiger partial charge in [-0.3, -0.25) is 9.59 Å². The zero-order chi connectivity index (χ0) is 22.2. The molecule has 0 aliphatic carbocycles. The second kappa shape index (κ2) is 8.32. The molecule has 2 aromatic carbocycles. The highest BCUT2D eigenvalue weighted by Gasteiger charge is 2.35. The number of piperidine rings is 1. The number of aryl methyl sites for hydroxylation is 1. The lowest BCUT2D eigenvalue weighted by atomic mass is 9.98. The van der Waals surface area contributed by atoms with Crippen LogP contribution in [0.25, 0.3) is 0 Å². The van der Waals surface area contributed by atoms with Crippen LogP contribution in [-0.2, 0) is 19.6 Å². The van der Waals surface area contributed by atoms with Crippen LogP contribution in [0.3, 0.4) is 0 Å².